The molecule has 0 aliphatic rings. The van der Waals surface area contributed by atoms with E-state index in [2.05, 4.69) is 13.0 Å². The van der Waals surface area contributed by atoms with Crippen LogP contribution in [0.25, 0.3) is 21.5 Å². The average molecular weight is 364 g/mol. The van der Waals surface area contributed by atoms with Gasteiger partial charge in [-0.05, 0) is 23.3 Å². The number of fused-ring (bicyclic) bond motifs is 2. The molecule has 3 aromatic rings. The summed E-state index contributed by atoms with van der Waals surface area (Å²) >= 11 is 0. The summed E-state index contributed by atoms with van der Waals surface area (Å²) in [5, 5.41) is 3.94. The van der Waals surface area contributed by atoms with Crippen molar-refractivity contribution in [3.63, 3.8) is 0 Å². The summed E-state index contributed by atoms with van der Waals surface area (Å²) in [5.74, 6) is 0.577. The lowest BCUT2D eigenvalue weighted by molar-refractivity contribution is 0.0982. The van der Waals surface area contributed by atoms with Gasteiger partial charge in [0, 0.05) is 10.8 Å². The van der Waals surface area contributed by atoms with Crippen LogP contribution in [0, 0.1) is 0 Å². The number of hydrogen-bond acceptors (Lipinski definition) is 3. The molecule has 0 saturated heterocycles. The van der Waals surface area contributed by atoms with Crippen LogP contribution in [0.15, 0.2) is 54.6 Å². The van der Waals surface area contributed by atoms with E-state index in [1.165, 1.54) is 32.1 Å². The van der Waals surface area contributed by atoms with Gasteiger partial charge in [-0.15, -0.1) is 0 Å². The van der Waals surface area contributed by atoms with Gasteiger partial charge in [-0.2, -0.15) is 0 Å². The Morgan fingerprint density at radius 2 is 1.33 bits per heavy atom. The van der Waals surface area contributed by atoms with E-state index in [1.807, 2.05) is 48.5 Å². The Hall–Kier alpha value is -2.55. The van der Waals surface area contributed by atoms with E-state index in [1.54, 1.807) is 0 Å². The van der Waals surface area contributed by atoms with Crippen molar-refractivity contribution in [3.8, 4) is 5.75 Å². The predicted octanol–water partition coefficient (Wildman–Crippen LogP) is 7.26. The third-order valence-electron chi connectivity index (χ3n) is 4.88. The fourth-order valence-electron chi connectivity index (χ4n) is 3.41. The smallest absolute Gasteiger partial charge is 0.434 e. The molecule has 3 nitrogen and oxygen atoms in total. The molecule has 0 aromatic heterocycles. The van der Waals surface area contributed by atoms with Crippen molar-refractivity contribution in [3.05, 3.63) is 54.6 Å². The van der Waals surface area contributed by atoms with Crippen molar-refractivity contribution >= 4 is 27.7 Å². The number of carbonyl (C=O) groups excluding carboxylic acids is 1. The molecular formula is C24H28O3. The fourth-order valence-corrected chi connectivity index (χ4v) is 3.41. The van der Waals surface area contributed by atoms with Gasteiger partial charge < -0.3 is 9.47 Å². The molecule has 3 aromatic carbocycles. The van der Waals surface area contributed by atoms with Gasteiger partial charge in [-0.25, -0.2) is 4.79 Å². The molecule has 0 radical (unpaired) electrons. The molecule has 0 atom stereocenters. The topological polar surface area (TPSA) is 35.5 Å². The van der Waals surface area contributed by atoms with Gasteiger partial charge in [0.25, 0.3) is 0 Å². The number of ether oxygens (including phenoxy) is 2. The summed E-state index contributed by atoms with van der Waals surface area (Å²) in [6.45, 7) is 2.63. The zero-order valence-corrected chi connectivity index (χ0v) is 16.1. The van der Waals surface area contributed by atoms with Gasteiger partial charge in [-0.3, -0.25) is 0 Å². The van der Waals surface area contributed by atoms with E-state index in [-0.39, 0.29) is 0 Å². The largest absolute Gasteiger partial charge is 0.513 e. The Kier molecular flexibility index (Phi) is 7.09. The number of rotatable bonds is 9. The molecule has 3 heteroatoms. The van der Waals surface area contributed by atoms with Crippen LogP contribution in [0.2, 0.25) is 0 Å². The molecule has 0 spiro atoms. The zero-order chi connectivity index (χ0) is 18.9. The minimum atomic E-state index is -0.623. The minimum Gasteiger partial charge on any atom is -0.434 e. The molecule has 0 bridgehead atoms. The second kappa shape index (κ2) is 9.96. The van der Waals surface area contributed by atoms with E-state index in [4.69, 9.17) is 9.47 Å². The SMILES string of the molecule is CCCCCCCCCOC(=O)Oc1c2ccccc2cc2ccccc12. The number of unbranched alkanes of at least 4 members (excludes halogenated alkanes) is 6. The molecular weight excluding hydrogens is 336 g/mol. The standard InChI is InChI=1S/C24H28O3/c1-2-3-4-5-6-7-12-17-26-24(25)27-23-21-15-10-8-13-19(21)18-20-14-9-11-16-22(20)23/h8-11,13-16,18H,2-7,12,17H2,1H3. The number of benzene rings is 3. The number of hydrogen-bond donors (Lipinski definition) is 0. The lowest BCUT2D eigenvalue weighted by Gasteiger charge is -2.12. The Morgan fingerprint density at radius 1 is 0.778 bits per heavy atom. The number of carbonyl (C=O) groups is 1. The maximum atomic E-state index is 12.2. The van der Waals surface area contributed by atoms with Gasteiger partial charge in [0.1, 0.15) is 5.75 Å². The predicted molar refractivity (Wildman–Crippen MR) is 111 cm³/mol. The minimum absolute atomic E-state index is 0.412. The first-order valence-electron chi connectivity index (χ1n) is 10.0. The first-order chi connectivity index (χ1) is 13.3. The molecule has 0 N–H and O–H groups in total. The van der Waals surface area contributed by atoms with Crippen LogP contribution >= 0.6 is 0 Å². The summed E-state index contributed by atoms with van der Waals surface area (Å²) in [5.41, 5.74) is 0. The van der Waals surface area contributed by atoms with Gasteiger partial charge in [0.15, 0.2) is 0 Å². The van der Waals surface area contributed by atoms with Crippen molar-refractivity contribution in [1.29, 1.82) is 0 Å². The Labute approximate surface area is 161 Å². The van der Waals surface area contributed by atoms with E-state index in [9.17, 15) is 4.79 Å². The van der Waals surface area contributed by atoms with Crippen LogP contribution in [-0.2, 0) is 4.74 Å². The van der Waals surface area contributed by atoms with Crippen molar-refractivity contribution in [1.82, 2.24) is 0 Å². The molecule has 27 heavy (non-hydrogen) atoms. The highest BCUT2D eigenvalue weighted by Gasteiger charge is 2.13. The van der Waals surface area contributed by atoms with Crippen LogP contribution in [0.4, 0.5) is 4.79 Å². The normalized spacial score (nSPS) is 11.0. The molecule has 0 fully saturated rings. The Balaban J connectivity index is 1.59. The second-order valence-electron chi connectivity index (χ2n) is 6.97. The Morgan fingerprint density at radius 3 is 1.96 bits per heavy atom. The summed E-state index contributed by atoms with van der Waals surface area (Å²) in [6, 6.07) is 18.0. The van der Waals surface area contributed by atoms with Crippen molar-refractivity contribution in [2.24, 2.45) is 0 Å². The third kappa shape index (κ3) is 5.22. The van der Waals surface area contributed by atoms with Crippen LogP contribution in [0.5, 0.6) is 5.75 Å². The van der Waals surface area contributed by atoms with Crippen LogP contribution in [0.3, 0.4) is 0 Å². The maximum absolute atomic E-state index is 12.2. The first kappa shape index (κ1) is 19.2. The van der Waals surface area contributed by atoms with E-state index >= 15 is 0 Å². The summed E-state index contributed by atoms with van der Waals surface area (Å²) in [7, 11) is 0. The van der Waals surface area contributed by atoms with Crippen LogP contribution < -0.4 is 4.74 Å². The lowest BCUT2D eigenvalue weighted by Crippen LogP contribution is -2.12. The molecule has 0 heterocycles. The maximum Gasteiger partial charge on any atom is 0.513 e. The fraction of sp³-hybridized carbons (Fsp3) is 0.375. The zero-order valence-electron chi connectivity index (χ0n) is 16.1. The molecule has 0 amide bonds. The molecule has 0 aliphatic heterocycles. The lowest BCUT2D eigenvalue weighted by atomic mass is 10.0. The summed E-state index contributed by atoms with van der Waals surface area (Å²) in [4.78, 5) is 12.2. The van der Waals surface area contributed by atoms with E-state index < -0.39 is 6.16 Å². The monoisotopic (exact) mass is 364 g/mol. The van der Waals surface area contributed by atoms with Crippen molar-refractivity contribution < 1.29 is 14.3 Å². The second-order valence-corrected chi connectivity index (χ2v) is 6.97. The quantitative estimate of drug-likeness (QED) is 0.173. The average Bonchev–Trinajstić information content (AvgIpc) is 2.70. The van der Waals surface area contributed by atoms with E-state index in [0.29, 0.717) is 12.4 Å². The molecule has 0 unspecified atom stereocenters. The van der Waals surface area contributed by atoms with E-state index in [0.717, 1.165) is 34.4 Å². The molecule has 0 saturated carbocycles. The first-order valence-corrected chi connectivity index (χ1v) is 10.0. The molecule has 0 aliphatic carbocycles. The summed E-state index contributed by atoms with van der Waals surface area (Å²) < 4.78 is 10.9. The highest BCUT2D eigenvalue weighted by atomic mass is 16.7. The van der Waals surface area contributed by atoms with Crippen LogP contribution in [-0.4, -0.2) is 12.8 Å². The highest BCUT2D eigenvalue weighted by Crippen LogP contribution is 2.35. The third-order valence-corrected chi connectivity index (χ3v) is 4.88. The van der Waals surface area contributed by atoms with Gasteiger partial charge in [0.05, 0.1) is 6.61 Å². The molecule has 142 valence electrons. The van der Waals surface area contributed by atoms with Crippen LogP contribution in [0.1, 0.15) is 51.9 Å². The van der Waals surface area contributed by atoms with Gasteiger partial charge in [0.2, 0.25) is 0 Å². The summed E-state index contributed by atoms with van der Waals surface area (Å²) in [6.07, 6.45) is 7.69. The van der Waals surface area contributed by atoms with Crippen molar-refractivity contribution in [2.75, 3.05) is 6.61 Å². The van der Waals surface area contributed by atoms with Gasteiger partial charge in [-0.1, -0.05) is 94.0 Å². The Bertz CT molecular complexity index is 831. The van der Waals surface area contributed by atoms with Gasteiger partial charge >= 0.3 is 6.16 Å². The highest BCUT2D eigenvalue weighted by molar-refractivity contribution is 6.06. The van der Waals surface area contributed by atoms with Crippen molar-refractivity contribution in [2.45, 2.75) is 51.9 Å². The molecule has 3 rings (SSSR count).